The van der Waals surface area contributed by atoms with Crippen LogP contribution in [0.4, 0.5) is 17.1 Å². The van der Waals surface area contributed by atoms with E-state index in [-0.39, 0.29) is 0 Å². The highest BCUT2D eigenvalue weighted by atomic mass is 15.6. The molecule has 0 spiro atoms. The molecule has 1 aromatic carbocycles. The van der Waals surface area contributed by atoms with E-state index in [1.807, 2.05) is 0 Å². The molecule has 0 atom stereocenters. The summed E-state index contributed by atoms with van der Waals surface area (Å²) in [6.45, 7) is 0. The van der Waals surface area contributed by atoms with Crippen molar-refractivity contribution >= 4 is 17.1 Å². The van der Waals surface area contributed by atoms with E-state index in [1.165, 1.54) is 0 Å². The number of hydrogen-bond acceptors (Lipinski definition) is 5. The second kappa shape index (κ2) is 2.65. The van der Waals surface area contributed by atoms with Gasteiger partial charge in [0, 0.05) is 0 Å². The van der Waals surface area contributed by atoms with Gasteiger partial charge >= 0.3 is 0 Å². The van der Waals surface area contributed by atoms with Gasteiger partial charge in [0.25, 0.3) is 0 Å². The summed E-state index contributed by atoms with van der Waals surface area (Å²) in [5, 5.41) is 0.936. The van der Waals surface area contributed by atoms with Crippen molar-refractivity contribution in [2.24, 2.45) is 11.7 Å². The zero-order valence-corrected chi connectivity index (χ0v) is 5.99. The Morgan fingerprint density at radius 3 is 2.18 bits per heavy atom. The van der Waals surface area contributed by atoms with E-state index in [0.29, 0.717) is 17.1 Å². The molecule has 0 aliphatic carbocycles. The van der Waals surface area contributed by atoms with Gasteiger partial charge in [0.15, 0.2) is 0 Å². The highest BCUT2D eigenvalue weighted by molar-refractivity contribution is 5.78. The molecule has 8 N–H and O–H groups in total. The normalized spacial score (nSPS) is 9.64. The first kappa shape index (κ1) is 7.64. The van der Waals surface area contributed by atoms with Gasteiger partial charge in [-0.2, -0.15) is 0 Å². The van der Waals surface area contributed by atoms with Gasteiger partial charge in [0.2, 0.25) is 0 Å². The van der Waals surface area contributed by atoms with Crippen LogP contribution in [0, 0.1) is 0 Å². The molecule has 0 bridgehead atoms. The fourth-order valence-electron chi connectivity index (χ4n) is 0.796. The summed E-state index contributed by atoms with van der Waals surface area (Å²) in [5.41, 5.74) is 12.4. The van der Waals surface area contributed by atoms with Crippen molar-refractivity contribution in [3.8, 4) is 0 Å². The second-order valence-electron chi connectivity index (χ2n) is 2.19. The Morgan fingerprint density at radius 2 is 1.73 bits per heavy atom. The maximum Gasteiger partial charge on any atom is 0.0947 e. The third-order valence-corrected chi connectivity index (χ3v) is 1.40. The quantitative estimate of drug-likeness (QED) is 0.245. The maximum atomic E-state index is 5.56. The van der Waals surface area contributed by atoms with Crippen molar-refractivity contribution in [3.63, 3.8) is 0 Å². The van der Waals surface area contributed by atoms with Crippen molar-refractivity contribution < 1.29 is 0 Å². The highest BCUT2D eigenvalue weighted by Crippen LogP contribution is 2.24. The minimum Gasteiger partial charge on any atom is -0.397 e. The molecule has 0 fully saturated rings. The Morgan fingerprint density at radius 1 is 1.09 bits per heavy atom. The smallest absolute Gasteiger partial charge is 0.0947 e. The summed E-state index contributed by atoms with van der Waals surface area (Å²) in [7, 11) is 0. The molecule has 0 saturated carbocycles. The summed E-state index contributed by atoms with van der Waals surface area (Å²) in [5.74, 6) is 10.5. The van der Waals surface area contributed by atoms with Gasteiger partial charge in [-0.05, 0) is 12.1 Å². The lowest BCUT2D eigenvalue weighted by Gasteiger charge is -2.14. The van der Waals surface area contributed by atoms with E-state index in [2.05, 4.69) is 0 Å². The monoisotopic (exact) mass is 153 g/mol. The summed E-state index contributed by atoms with van der Waals surface area (Å²) < 4.78 is 0. The summed E-state index contributed by atoms with van der Waals surface area (Å²) in [6, 6.07) is 5.10. The lowest BCUT2D eigenvalue weighted by molar-refractivity contribution is 0.927. The minimum absolute atomic E-state index is 0.400. The van der Waals surface area contributed by atoms with Gasteiger partial charge in [-0.1, -0.05) is 6.07 Å². The highest BCUT2D eigenvalue weighted by Gasteiger charge is 2.03. The average molecular weight is 153 g/mol. The van der Waals surface area contributed by atoms with Crippen LogP contribution in [0.25, 0.3) is 0 Å². The predicted molar refractivity (Wildman–Crippen MR) is 46.1 cm³/mol. The van der Waals surface area contributed by atoms with Gasteiger partial charge in [0.1, 0.15) is 0 Å². The molecule has 0 amide bonds. The van der Waals surface area contributed by atoms with Crippen molar-refractivity contribution in [1.82, 2.24) is 0 Å². The molecule has 1 aromatic rings. The van der Waals surface area contributed by atoms with Crippen LogP contribution in [-0.4, -0.2) is 0 Å². The number of nitrogens with zero attached hydrogens (tertiary/aromatic N) is 1. The molecule has 11 heavy (non-hydrogen) atoms. The first-order valence-corrected chi connectivity index (χ1v) is 3.06. The number of nitrogens with two attached hydrogens (primary N) is 4. The molecule has 0 aliphatic heterocycles. The van der Waals surface area contributed by atoms with E-state index in [1.54, 1.807) is 18.2 Å². The van der Waals surface area contributed by atoms with Crippen molar-refractivity contribution in [3.05, 3.63) is 18.2 Å². The van der Waals surface area contributed by atoms with Gasteiger partial charge < -0.3 is 11.5 Å². The molecule has 1 rings (SSSR count). The Bertz CT molecular complexity index is 257. The van der Waals surface area contributed by atoms with Gasteiger partial charge in [0.05, 0.1) is 17.1 Å². The minimum atomic E-state index is 0.400. The molecule has 0 aromatic heterocycles. The summed E-state index contributed by atoms with van der Waals surface area (Å²) >= 11 is 0. The second-order valence-corrected chi connectivity index (χ2v) is 2.19. The van der Waals surface area contributed by atoms with Crippen LogP contribution >= 0.6 is 0 Å². The van der Waals surface area contributed by atoms with E-state index in [0.717, 1.165) is 5.12 Å². The standard InChI is InChI=1S/C6H11N5/c7-4-2-1-3-5(6(4)8)11(9)10/h1-3H,7-10H2. The van der Waals surface area contributed by atoms with Gasteiger partial charge in [-0.3, -0.25) is 0 Å². The Kier molecular flexibility index (Phi) is 1.84. The van der Waals surface area contributed by atoms with Gasteiger partial charge in [-0.25, -0.2) is 16.8 Å². The lowest BCUT2D eigenvalue weighted by Crippen LogP contribution is -2.38. The van der Waals surface area contributed by atoms with E-state index in [9.17, 15) is 0 Å². The number of hydrogen-bond donors (Lipinski definition) is 4. The van der Waals surface area contributed by atoms with Crippen LogP contribution in [0.15, 0.2) is 18.2 Å². The molecule has 0 unspecified atom stereocenters. The molecule has 0 aliphatic rings. The van der Waals surface area contributed by atoms with Crippen LogP contribution < -0.4 is 28.3 Å². The first-order valence-electron chi connectivity index (χ1n) is 3.06. The average Bonchev–Trinajstić information content (AvgIpc) is 1.94. The molecule has 5 nitrogen and oxygen atoms in total. The third kappa shape index (κ3) is 1.34. The summed E-state index contributed by atoms with van der Waals surface area (Å²) in [4.78, 5) is 0. The van der Waals surface area contributed by atoms with Crippen LogP contribution in [-0.2, 0) is 0 Å². The Labute approximate surface area is 64.5 Å². The zero-order chi connectivity index (χ0) is 8.43. The number of hydrazine groups is 2. The lowest BCUT2D eigenvalue weighted by atomic mass is 10.2. The molecule has 0 saturated heterocycles. The van der Waals surface area contributed by atoms with Crippen LogP contribution in [0.1, 0.15) is 0 Å². The predicted octanol–water partition coefficient (Wildman–Crippen LogP) is -0.595. The number of nitrogen functional groups attached to an aromatic ring is 2. The molecule has 60 valence electrons. The Hall–Kier alpha value is -1.46. The van der Waals surface area contributed by atoms with E-state index in [4.69, 9.17) is 23.2 Å². The SMILES string of the molecule is Nc1cccc(N(N)N)c1N. The third-order valence-electron chi connectivity index (χ3n) is 1.40. The topological polar surface area (TPSA) is 107 Å². The number of para-hydroxylation sites is 1. The first-order chi connectivity index (χ1) is 5.13. The van der Waals surface area contributed by atoms with Crippen LogP contribution in [0.3, 0.4) is 0 Å². The number of anilines is 3. The largest absolute Gasteiger partial charge is 0.397 e. The molecule has 0 heterocycles. The molecule has 5 heteroatoms. The van der Waals surface area contributed by atoms with Gasteiger partial charge in [-0.15, -0.1) is 0 Å². The Balaban J connectivity index is 3.17. The number of benzene rings is 1. The maximum absolute atomic E-state index is 5.56. The molecular weight excluding hydrogens is 142 g/mol. The van der Waals surface area contributed by atoms with Crippen molar-refractivity contribution in [2.45, 2.75) is 0 Å². The summed E-state index contributed by atoms with van der Waals surface area (Å²) in [6.07, 6.45) is 0. The molecule has 0 radical (unpaired) electrons. The van der Waals surface area contributed by atoms with Crippen molar-refractivity contribution in [1.29, 1.82) is 0 Å². The van der Waals surface area contributed by atoms with Crippen LogP contribution in [0.2, 0.25) is 0 Å². The van der Waals surface area contributed by atoms with E-state index >= 15 is 0 Å². The zero-order valence-electron chi connectivity index (χ0n) is 5.99. The fourth-order valence-corrected chi connectivity index (χ4v) is 0.796. The number of rotatable bonds is 1. The van der Waals surface area contributed by atoms with Crippen molar-refractivity contribution in [2.75, 3.05) is 16.6 Å². The molecular formula is C6H11N5. The fraction of sp³-hybridized carbons (Fsp3) is 0. The van der Waals surface area contributed by atoms with E-state index < -0.39 is 0 Å². The van der Waals surface area contributed by atoms with Crippen LogP contribution in [0.5, 0.6) is 0 Å².